The van der Waals surface area contributed by atoms with E-state index in [1.54, 1.807) is 106 Å². The van der Waals surface area contributed by atoms with E-state index in [-0.39, 0.29) is 26.4 Å². The number of benzene rings is 2. The normalized spacial score (nSPS) is 11.7. The summed E-state index contributed by atoms with van der Waals surface area (Å²) in [6.07, 6.45) is 1.22. The third kappa shape index (κ3) is 14.8. The van der Waals surface area contributed by atoms with Crippen molar-refractivity contribution in [1.29, 1.82) is 0 Å². The highest BCUT2D eigenvalue weighted by atomic mass is 16.7. The van der Waals surface area contributed by atoms with E-state index in [9.17, 15) is 24.3 Å². The van der Waals surface area contributed by atoms with Gasteiger partial charge in [0.25, 0.3) is 0 Å². The Morgan fingerprint density at radius 3 is 1.37 bits per heavy atom. The number of hydrogen-bond donors (Lipinski definition) is 3. The molecule has 0 aliphatic heterocycles. The second-order valence-electron chi connectivity index (χ2n) is 15.4. The predicted molar refractivity (Wildman–Crippen MR) is 209 cm³/mol. The van der Waals surface area contributed by atoms with Gasteiger partial charge in [0.1, 0.15) is 61.4 Å². The molecule has 0 atom stereocenters. The van der Waals surface area contributed by atoms with E-state index in [2.05, 4.69) is 30.6 Å². The maximum absolute atomic E-state index is 11.9. The van der Waals surface area contributed by atoms with Gasteiger partial charge in [-0.2, -0.15) is 0 Å². The van der Waals surface area contributed by atoms with Crippen molar-refractivity contribution >= 4 is 57.4 Å². The zero-order valence-electron chi connectivity index (χ0n) is 34.2. The Kier molecular flexibility index (Phi) is 15.1. The number of anilines is 2. The number of nitrogens with zero attached hydrogens (tertiary/aromatic N) is 4. The van der Waals surface area contributed by atoms with E-state index in [1.807, 2.05) is 0 Å². The summed E-state index contributed by atoms with van der Waals surface area (Å²) in [6.45, 7) is 17.2. The summed E-state index contributed by atoms with van der Waals surface area (Å²) in [6, 6.07) is 10.6. The molecular formula is C39H52N6O12. The molecule has 18 heteroatoms. The SMILES string of the molecule is CC(C)(C)OC(=O)OCCOc1ncnc2ccc(NC(C)(C)C(=O)O)cc12.COC(=O)C(C)(C)Nc1ccc2ncnc(OCCOC(=O)OC(C)(C)C)c2c1. The van der Waals surface area contributed by atoms with E-state index in [1.165, 1.54) is 19.8 Å². The number of rotatable bonds is 14. The molecule has 0 fully saturated rings. The average molecular weight is 797 g/mol. The summed E-state index contributed by atoms with van der Waals surface area (Å²) in [7, 11) is 1.34. The molecule has 0 aliphatic carbocycles. The lowest BCUT2D eigenvalue weighted by atomic mass is 10.1. The van der Waals surface area contributed by atoms with Gasteiger partial charge in [0.05, 0.1) is 28.9 Å². The molecule has 0 saturated carbocycles. The topological polar surface area (TPSA) is 229 Å². The maximum Gasteiger partial charge on any atom is 0.508 e. The minimum absolute atomic E-state index is 0.00766. The Bertz CT molecular complexity index is 2020. The zero-order chi connectivity index (χ0) is 42.6. The lowest BCUT2D eigenvalue weighted by molar-refractivity contribution is -0.144. The van der Waals surface area contributed by atoms with Crippen LogP contribution in [0.1, 0.15) is 69.2 Å². The molecule has 0 saturated heterocycles. The van der Waals surface area contributed by atoms with Crippen LogP contribution >= 0.6 is 0 Å². The number of esters is 1. The van der Waals surface area contributed by atoms with Crippen LogP contribution in [0.2, 0.25) is 0 Å². The minimum Gasteiger partial charge on any atom is -0.480 e. The van der Waals surface area contributed by atoms with Crippen LogP contribution in [0, 0.1) is 0 Å². The lowest BCUT2D eigenvalue weighted by Crippen LogP contribution is -2.41. The third-order valence-electron chi connectivity index (χ3n) is 7.20. The molecule has 310 valence electrons. The summed E-state index contributed by atoms with van der Waals surface area (Å²) in [5.74, 6) is -0.734. The fraction of sp³-hybridized carbons (Fsp3) is 0.487. The molecule has 2 heterocycles. The molecule has 0 amide bonds. The number of aromatic nitrogens is 4. The van der Waals surface area contributed by atoms with Crippen molar-refractivity contribution in [2.75, 3.05) is 44.2 Å². The Hall–Kier alpha value is -6.20. The average Bonchev–Trinajstić information content (AvgIpc) is 3.10. The van der Waals surface area contributed by atoms with Crippen molar-refractivity contribution in [2.24, 2.45) is 0 Å². The second-order valence-corrected chi connectivity index (χ2v) is 15.4. The van der Waals surface area contributed by atoms with Gasteiger partial charge in [0.2, 0.25) is 11.8 Å². The Labute approximate surface area is 330 Å². The molecular weight excluding hydrogens is 744 g/mol. The van der Waals surface area contributed by atoms with Crippen molar-refractivity contribution in [3.63, 3.8) is 0 Å². The second kappa shape index (κ2) is 19.1. The summed E-state index contributed by atoms with van der Waals surface area (Å²) in [5, 5.41) is 16.6. The summed E-state index contributed by atoms with van der Waals surface area (Å²) in [4.78, 5) is 62.9. The molecule has 57 heavy (non-hydrogen) atoms. The molecule has 0 unspecified atom stereocenters. The molecule has 2 aromatic heterocycles. The smallest absolute Gasteiger partial charge is 0.480 e. The number of carboxylic acids is 1. The molecule has 4 rings (SSSR count). The van der Waals surface area contributed by atoms with Gasteiger partial charge in [-0.05, 0) is 106 Å². The standard InChI is InChI=1S/C20H27N3O6.C19H25N3O6/c1-19(2,3)29-18(25)28-10-9-27-16-14-11-13(7-8-15(14)21-12-22-16)23-20(4,5)17(24)26-6;1-18(2,3)28-17(25)27-9-8-26-15-13-10-12(22-19(4,5)16(23)24)6-7-14(13)20-11-21-15/h7-8,11-12,23H,9-10H2,1-6H3;6-7,10-11,22H,8-9H2,1-5H3,(H,23,24). The molecule has 3 N–H and O–H groups in total. The highest BCUT2D eigenvalue weighted by molar-refractivity contribution is 5.90. The summed E-state index contributed by atoms with van der Waals surface area (Å²) in [5.41, 5.74) is -0.745. The van der Waals surface area contributed by atoms with Gasteiger partial charge in [0, 0.05) is 11.4 Å². The van der Waals surface area contributed by atoms with Crippen molar-refractivity contribution in [3.8, 4) is 11.8 Å². The number of carbonyl (C=O) groups excluding carboxylic acids is 3. The molecule has 18 nitrogen and oxygen atoms in total. The molecule has 0 spiro atoms. The van der Waals surface area contributed by atoms with Crippen LogP contribution in [0.15, 0.2) is 49.1 Å². The zero-order valence-corrected chi connectivity index (χ0v) is 34.2. The van der Waals surface area contributed by atoms with Crippen LogP contribution in [-0.2, 0) is 33.3 Å². The first-order valence-corrected chi connectivity index (χ1v) is 17.8. The van der Waals surface area contributed by atoms with Crippen LogP contribution in [0.25, 0.3) is 21.8 Å². The highest BCUT2D eigenvalue weighted by Gasteiger charge is 2.29. The van der Waals surface area contributed by atoms with Crippen molar-refractivity contribution in [3.05, 3.63) is 49.1 Å². The number of carboxylic acid groups (broad SMARTS) is 1. The molecule has 2 aromatic carbocycles. The van der Waals surface area contributed by atoms with Crippen LogP contribution in [0.5, 0.6) is 11.8 Å². The van der Waals surface area contributed by atoms with Gasteiger partial charge in [-0.15, -0.1) is 0 Å². The Balaban J connectivity index is 0.000000306. The molecule has 0 radical (unpaired) electrons. The number of carbonyl (C=O) groups is 4. The fourth-order valence-electron chi connectivity index (χ4n) is 4.62. The predicted octanol–water partition coefficient (Wildman–Crippen LogP) is 6.56. The van der Waals surface area contributed by atoms with Crippen molar-refractivity contribution < 1.29 is 57.4 Å². The van der Waals surface area contributed by atoms with Crippen LogP contribution in [0.3, 0.4) is 0 Å². The molecule has 4 aromatic rings. The maximum atomic E-state index is 11.9. The van der Waals surface area contributed by atoms with Crippen LogP contribution in [-0.4, -0.2) is 105 Å². The van der Waals surface area contributed by atoms with Gasteiger partial charge in [-0.1, -0.05) is 0 Å². The van der Waals surface area contributed by atoms with Crippen molar-refractivity contribution in [1.82, 2.24) is 19.9 Å². The quantitative estimate of drug-likeness (QED) is 0.0697. The first-order valence-electron chi connectivity index (χ1n) is 17.8. The van der Waals surface area contributed by atoms with Crippen LogP contribution in [0.4, 0.5) is 21.0 Å². The number of aliphatic carboxylic acids is 1. The summed E-state index contributed by atoms with van der Waals surface area (Å²) >= 11 is 0. The van der Waals surface area contributed by atoms with Gasteiger partial charge in [-0.3, -0.25) is 0 Å². The number of nitrogens with one attached hydrogen (secondary N) is 2. The fourth-order valence-corrected chi connectivity index (χ4v) is 4.62. The number of fused-ring (bicyclic) bond motifs is 2. The molecule has 0 bridgehead atoms. The molecule has 0 aliphatic rings. The highest BCUT2D eigenvalue weighted by Crippen LogP contribution is 2.28. The monoisotopic (exact) mass is 796 g/mol. The third-order valence-corrected chi connectivity index (χ3v) is 7.20. The van der Waals surface area contributed by atoms with E-state index < -0.39 is 46.5 Å². The van der Waals surface area contributed by atoms with E-state index in [4.69, 9.17) is 33.2 Å². The van der Waals surface area contributed by atoms with E-state index in [0.29, 0.717) is 44.9 Å². The minimum atomic E-state index is -1.15. The lowest BCUT2D eigenvalue weighted by Gasteiger charge is -2.24. The number of hydrogen-bond acceptors (Lipinski definition) is 17. The van der Waals surface area contributed by atoms with Crippen molar-refractivity contribution in [2.45, 2.75) is 91.5 Å². The van der Waals surface area contributed by atoms with Gasteiger partial charge in [-0.25, -0.2) is 39.1 Å². The van der Waals surface area contributed by atoms with Gasteiger partial charge in [0.15, 0.2) is 0 Å². The van der Waals surface area contributed by atoms with E-state index >= 15 is 0 Å². The van der Waals surface area contributed by atoms with Gasteiger partial charge < -0.3 is 48.9 Å². The summed E-state index contributed by atoms with van der Waals surface area (Å²) < 4.78 is 36.1. The number of ether oxygens (including phenoxy) is 7. The Morgan fingerprint density at radius 2 is 1.00 bits per heavy atom. The van der Waals surface area contributed by atoms with Gasteiger partial charge >= 0.3 is 24.2 Å². The largest absolute Gasteiger partial charge is 0.508 e. The first-order chi connectivity index (χ1) is 26.5. The number of methoxy groups -OCH3 is 1. The van der Waals surface area contributed by atoms with E-state index in [0.717, 1.165) is 0 Å². The Morgan fingerprint density at radius 1 is 0.596 bits per heavy atom. The van der Waals surface area contributed by atoms with Crippen LogP contribution < -0.4 is 20.1 Å². The first kappa shape index (κ1) is 45.2.